The van der Waals surface area contributed by atoms with Gasteiger partial charge in [-0.3, -0.25) is 0 Å². The third-order valence-electron chi connectivity index (χ3n) is 2.54. The van der Waals surface area contributed by atoms with Gasteiger partial charge in [0.15, 0.2) is 0 Å². The molecule has 0 bridgehead atoms. The zero-order valence-corrected chi connectivity index (χ0v) is 10.2. The molecule has 19 heavy (non-hydrogen) atoms. The maximum atomic E-state index is 13.3. The zero-order valence-electron chi connectivity index (χ0n) is 10.2. The number of halogens is 1. The van der Waals surface area contributed by atoms with Crippen molar-refractivity contribution in [3.05, 3.63) is 54.0 Å². The first-order valence-corrected chi connectivity index (χ1v) is 5.88. The Bertz CT molecular complexity index is 578. The van der Waals surface area contributed by atoms with Gasteiger partial charge in [0.2, 0.25) is 0 Å². The summed E-state index contributed by atoms with van der Waals surface area (Å²) >= 11 is 0. The van der Waals surface area contributed by atoms with E-state index in [2.05, 4.69) is 15.6 Å². The van der Waals surface area contributed by atoms with Gasteiger partial charge in [-0.15, -0.1) is 0 Å². The van der Waals surface area contributed by atoms with E-state index in [1.807, 2.05) is 24.3 Å². The van der Waals surface area contributed by atoms with E-state index in [4.69, 9.17) is 5.26 Å². The molecule has 0 amide bonds. The molecular formula is C14H13FN4. The van der Waals surface area contributed by atoms with E-state index >= 15 is 0 Å². The Hall–Kier alpha value is -2.61. The Morgan fingerprint density at radius 2 is 1.95 bits per heavy atom. The zero-order chi connectivity index (χ0) is 13.5. The lowest BCUT2D eigenvalue weighted by atomic mass is 10.2. The summed E-state index contributed by atoms with van der Waals surface area (Å²) in [6, 6.07) is 12.0. The van der Waals surface area contributed by atoms with Crippen LogP contribution in [0.25, 0.3) is 0 Å². The summed E-state index contributed by atoms with van der Waals surface area (Å²) in [6.45, 7) is 1.19. The third-order valence-corrected chi connectivity index (χ3v) is 2.54. The topological polar surface area (TPSA) is 60.7 Å². The highest BCUT2D eigenvalue weighted by Crippen LogP contribution is 2.17. The molecule has 0 fully saturated rings. The van der Waals surface area contributed by atoms with Crippen LogP contribution in [0.1, 0.15) is 5.56 Å². The summed E-state index contributed by atoms with van der Waals surface area (Å²) in [6.07, 6.45) is 1.70. The minimum atomic E-state index is -0.509. The molecule has 0 atom stereocenters. The van der Waals surface area contributed by atoms with Crippen molar-refractivity contribution in [1.29, 1.82) is 5.26 Å². The molecule has 0 unspecified atom stereocenters. The summed E-state index contributed by atoms with van der Waals surface area (Å²) < 4.78 is 13.3. The number of anilines is 2. The lowest BCUT2D eigenvalue weighted by molar-refractivity contribution is 0.624. The summed E-state index contributed by atoms with van der Waals surface area (Å²) in [5.41, 5.74) is 0.547. The number of hydrogen-bond donors (Lipinski definition) is 2. The lowest BCUT2D eigenvalue weighted by Gasteiger charge is -2.09. The molecule has 4 nitrogen and oxygen atoms in total. The van der Waals surface area contributed by atoms with Crippen LogP contribution < -0.4 is 10.6 Å². The third kappa shape index (κ3) is 3.42. The van der Waals surface area contributed by atoms with Crippen LogP contribution in [-0.2, 0) is 0 Å². The summed E-state index contributed by atoms with van der Waals surface area (Å²) in [5, 5.41) is 15.0. The molecule has 1 aromatic heterocycles. The van der Waals surface area contributed by atoms with Gasteiger partial charge in [-0.2, -0.15) is 5.26 Å². The predicted octanol–water partition coefficient (Wildman–Crippen LogP) is 2.62. The van der Waals surface area contributed by atoms with Crippen LogP contribution in [0.5, 0.6) is 0 Å². The normalized spacial score (nSPS) is 9.68. The van der Waals surface area contributed by atoms with E-state index in [0.29, 0.717) is 18.8 Å². The largest absolute Gasteiger partial charge is 0.382 e. The van der Waals surface area contributed by atoms with Gasteiger partial charge in [-0.1, -0.05) is 12.1 Å². The minimum Gasteiger partial charge on any atom is -0.382 e. The summed E-state index contributed by atoms with van der Waals surface area (Å²) in [5.74, 6) is 0.272. The first kappa shape index (κ1) is 12.8. The Labute approximate surface area is 110 Å². The van der Waals surface area contributed by atoms with Crippen LogP contribution in [0, 0.1) is 17.1 Å². The van der Waals surface area contributed by atoms with E-state index in [1.54, 1.807) is 18.3 Å². The van der Waals surface area contributed by atoms with Gasteiger partial charge >= 0.3 is 0 Å². The minimum absolute atomic E-state index is 0.0420. The first-order valence-electron chi connectivity index (χ1n) is 5.88. The van der Waals surface area contributed by atoms with Gasteiger partial charge in [0.05, 0.1) is 5.69 Å². The van der Waals surface area contributed by atoms with Crippen LogP contribution in [0.4, 0.5) is 15.9 Å². The lowest BCUT2D eigenvalue weighted by Crippen LogP contribution is -2.15. The van der Waals surface area contributed by atoms with Crippen molar-refractivity contribution in [1.82, 2.24) is 4.98 Å². The van der Waals surface area contributed by atoms with Crippen molar-refractivity contribution in [3.8, 4) is 6.07 Å². The quantitative estimate of drug-likeness (QED) is 0.807. The molecule has 0 aliphatic carbocycles. The van der Waals surface area contributed by atoms with Gasteiger partial charge in [0.1, 0.15) is 23.3 Å². The predicted molar refractivity (Wildman–Crippen MR) is 72.3 cm³/mol. The molecule has 0 saturated heterocycles. The number of aromatic nitrogens is 1. The fraction of sp³-hybridized carbons (Fsp3) is 0.143. The second-order valence-electron chi connectivity index (χ2n) is 3.84. The van der Waals surface area contributed by atoms with Gasteiger partial charge in [-0.05, 0) is 24.3 Å². The number of nitrogens with one attached hydrogen (secondary N) is 2. The van der Waals surface area contributed by atoms with Gasteiger partial charge in [0, 0.05) is 19.3 Å². The molecule has 0 saturated carbocycles. The highest BCUT2D eigenvalue weighted by molar-refractivity contribution is 5.57. The standard InChI is InChI=1S/C14H13FN4/c15-12-4-3-5-13(11(12)10-16)17-8-9-19-14-6-1-2-7-18-14/h1-7,17H,8-9H2,(H,18,19). The highest BCUT2D eigenvalue weighted by atomic mass is 19.1. The monoisotopic (exact) mass is 256 g/mol. The average molecular weight is 256 g/mol. The molecule has 0 spiro atoms. The van der Waals surface area contributed by atoms with Crippen molar-refractivity contribution in [2.45, 2.75) is 0 Å². The van der Waals surface area contributed by atoms with Gasteiger partial charge < -0.3 is 10.6 Å². The summed E-state index contributed by atoms with van der Waals surface area (Å²) in [4.78, 5) is 4.12. The molecule has 2 rings (SSSR count). The molecule has 2 N–H and O–H groups in total. The van der Waals surface area contributed by atoms with E-state index in [0.717, 1.165) is 5.82 Å². The molecular weight excluding hydrogens is 243 g/mol. The molecule has 1 heterocycles. The van der Waals surface area contributed by atoms with Crippen LogP contribution >= 0.6 is 0 Å². The van der Waals surface area contributed by atoms with Crippen molar-refractivity contribution < 1.29 is 4.39 Å². The molecule has 0 aliphatic rings. The first-order chi connectivity index (χ1) is 9.31. The molecule has 1 aromatic carbocycles. The molecule has 96 valence electrons. The Morgan fingerprint density at radius 3 is 2.68 bits per heavy atom. The van der Waals surface area contributed by atoms with Crippen LogP contribution in [0.3, 0.4) is 0 Å². The van der Waals surface area contributed by atoms with Gasteiger partial charge in [-0.25, -0.2) is 9.37 Å². The maximum absolute atomic E-state index is 13.3. The van der Waals surface area contributed by atoms with Crippen LogP contribution in [0.2, 0.25) is 0 Å². The smallest absolute Gasteiger partial charge is 0.143 e. The Kier molecular flexibility index (Phi) is 4.29. The number of hydrogen-bond acceptors (Lipinski definition) is 4. The van der Waals surface area contributed by atoms with Gasteiger partial charge in [0.25, 0.3) is 0 Å². The molecule has 5 heteroatoms. The second-order valence-corrected chi connectivity index (χ2v) is 3.84. The van der Waals surface area contributed by atoms with E-state index in [9.17, 15) is 4.39 Å². The Balaban J connectivity index is 1.87. The van der Waals surface area contributed by atoms with E-state index in [-0.39, 0.29) is 5.56 Å². The second kappa shape index (κ2) is 6.36. The fourth-order valence-electron chi connectivity index (χ4n) is 1.64. The SMILES string of the molecule is N#Cc1c(F)cccc1NCCNc1ccccn1. The maximum Gasteiger partial charge on any atom is 0.143 e. The number of nitrogens with zero attached hydrogens (tertiary/aromatic N) is 2. The number of pyridine rings is 1. The van der Waals surface area contributed by atoms with Crippen molar-refractivity contribution in [2.75, 3.05) is 23.7 Å². The van der Waals surface area contributed by atoms with Crippen LogP contribution in [0.15, 0.2) is 42.6 Å². The van der Waals surface area contributed by atoms with Crippen LogP contribution in [-0.4, -0.2) is 18.1 Å². The Morgan fingerprint density at radius 1 is 1.11 bits per heavy atom. The van der Waals surface area contributed by atoms with Crippen molar-refractivity contribution in [3.63, 3.8) is 0 Å². The summed E-state index contributed by atoms with van der Waals surface area (Å²) in [7, 11) is 0. The number of nitriles is 1. The van der Waals surface area contributed by atoms with Crippen molar-refractivity contribution >= 4 is 11.5 Å². The average Bonchev–Trinajstić information content (AvgIpc) is 2.45. The molecule has 0 aliphatic heterocycles. The number of rotatable bonds is 5. The highest BCUT2D eigenvalue weighted by Gasteiger charge is 2.06. The van der Waals surface area contributed by atoms with Crippen molar-refractivity contribution in [2.24, 2.45) is 0 Å². The fourth-order valence-corrected chi connectivity index (χ4v) is 1.64. The molecule has 0 radical (unpaired) electrons. The van der Waals surface area contributed by atoms with E-state index < -0.39 is 5.82 Å². The molecule has 2 aromatic rings. The van der Waals surface area contributed by atoms with E-state index in [1.165, 1.54) is 6.07 Å². The number of benzene rings is 1.